The quantitative estimate of drug-likeness (QED) is 0.177. The van der Waals surface area contributed by atoms with E-state index in [9.17, 15) is 0 Å². The molecule has 0 saturated heterocycles. The number of hydrogen-bond acceptors (Lipinski definition) is 2. The van der Waals surface area contributed by atoms with Gasteiger partial charge in [0.1, 0.15) is 11.2 Å². The molecule has 0 N–H and O–H groups in total. The topological polar surface area (TPSA) is 16.4 Å². The van der Waals surface area contributed by atoms with Crippen LogP contribution >= 0.6 is 0 Å². The smallest absolute Gasteiger partial charge is 0.136 e. The lowest BCUT2D eigenvalue weighted by molar-refractivity contribution is 0.0426. The molecule has 1 unspecified atom stereocenters. The third kappa shape index (κ3) is 5.00. The standard InChI is InChI=1S/C53H45NO/c1-34-28-36-30-35(2)53(41(29-34)31-36)47-18-8-6-17-46(47)52-48(53)19-11-20-49(52)54(43-15-10-14-39(32-43)37-12-4-3-5-13-37)42-25-22-38(23-26-42)40-24-27-45-44-16-7-9-21-50(44)55-51(45)33-40/h3-27,32-36,41H,28-31H2,1-2H3/t34-,35+,36-,41-,53?/m0/s1. The molecule has 2 bridgehead atoms. The molecule has 268 valence electrons. The molecule has 0 radical (unpaired) electrons. The Bertz CT molecular complexity index is 2720. The van der Waals surface area contributed by atoms with E-state index in [0.717, 1.165) is 50.7 Å². The van der Waals surface area contributed by atoms with Gasteiger partial charge in [0.2, 0.25) is 0 Å². The van der Waals surface area contributed by atoms with E-state index in [1.165, 1.54) is 64.8 Å². The summed E-state index contributed by atoms with van der Waals surface area (Å²) >= 11 is 0. The van der Waals surface area contributed by atoms with E-state index in [1.54, 1.807) is 5.56 Å². The third-order valence-electron chi connectivity index (χ3n) is 13.6. The lowest BCUT2D eigenvalue weighted by Crippen LogP contribution is -2.49. The maximum Gasteiger partial charge on any atom is 0.136 e. The average molecular weight is 712 g/mol. The zero-order valence-electron chi connectivity index (χ0n) is 31.6. The minimum absolute atomic E-state index is 0.0316. The molecule has 5 atom stereocenters. The van der Waals surface area contributed by atoms with Gasteiger partial charge in [0, 0.05) is 33.1 Å². The Morgan fingerprint density at radius 3 is 2.09 bits per heavy atom. The first kappa shape index (κ1) is 32.6. The van der Waals surface area contributed by atoms with Crippen molar-refractivity contribution in [2.45, 2.75) is 44.9 Å². The van der Waals surface area contributed by atoms with Crippen LogP contribution in [0.4, 0.5) is 17.1 Å². The molecule has 11 rings (SSSR count). The maximum atomic E-state index is 6.29. The summed E-state index contributed by atoms with van der Waals surface area (Å²) in [4.78, 5) is 2.52. The van der Waals surface area contributed by atoms with E-state index in [-0.39, 0.29) is 5.41 Å². The van der Waals surface area contributed by atoms with Gasteiger partial charge >= 0.3 is 0 Å². The molecule has 2 saturated carbocycles. The molecule has 0 aliphatic heterocycles. The number of benzene rings is 7. The second-order valence-corrected chi connectivity index (χ2v) is 16.7. The Morgan fingerprint density at radius 1 is 0.509 bits per heavy atom. The first-order valence-electron chi connectivity index (χ1n) is 20.3. The largest absolute Gasteiger partial charge is 0.456 e. The number of para-hydroxylation sites is 1. The first-order chi connectivity index (χ1) is 27.1. The number of furan rings is 1. The van der Waals surface area contributed by atoms with Gasteiger partial charge < -0.3 is 9.32 Å². The summed E-state index contributed by atoms with van der Waals surface area (Å²) in [6.07, 6.45) is 5.35. The molecule has 55 heavy (non-hydrogen) atoms. The predicted molar refractivity (Wildman–Crippen MR) is 229 cm³/mol. The van der Waals surface area contributed by atoms with Crippen molar-refractivity contribution < 1.29 is 4.42 Å². The third-order valence-corrected chi connectivity index (χ3v) is 13.6. The molecule has 8 aromatic rings. The highest BCUT2D eigenvalue weighted by molar-refractivity contribution is 6.06. The number of anilines is 3. The lowest BCUT2D eigenvalue weighted by Gasteiger charge is -2.54. The number of fused-ring (bicyclic) bond motifs is 11. The van der Waals surface area contributed by atoms with Crippen molar-refractivity contribution in [3.8, 4) is 33.4 Å². The minimum Gasteiger partial charge on any atom is -0.456 e. The highest BCUT2D eigenvalue weighted by Gasteiger charge is 2.57. The summed E-state index contributed by atoms with van der Waals surface area (Å²) in [6, 6.07) is 60.6. The van der Waals surface area contributed by atoms with E-state index in [1.807, 2.05) is 12.1 Å². The highest BCUT2D eigenvalue weighted by Crippen LogP contribution is 2.66. The van der Waals surface area contributed by atoms with E-state index < -0.39 is 0 Å². The van der Waals surface area contributed by atoms with Crippen LogP contribution in [-0.4, -0.2) is 0 Å². The van der Waals surface area contributed by atoms with Crippen molar-refractivity contribution in [3.05, 3.63) is 175 Å². The van der Waals surface area contributed by atoms with Crippen molar-refractivity contribution in [2.75, 3.05) is 4.90 Å². The van der Waals surface area contributed by atoms with E-state index >= 15 is 0 Å². The molecule has 3 aliphatic rings. The van der Waals surface area contributed by atoms with Crippen LogP contribution in [0.15, 0.2) is 168 Å². The molecule has 1 spiro atoms. The molecule has 7 aromatic carbocycles. The monoisotopic (exact) mass is 711 g/mol. The number of rotatable bonds is 5. The summed E-state index contributed by atoms with van der Waals surface area (Å²) in [5, 5.41) is 2.31. The number of nitrogens with zero attached hydrogens (tertiary/aromatic N) is 1. The summed E-state index contributed by atoms with van der Waals surface area (Å²) < 4.78 is 6.29. The lowest BCUT2D eigenvalue weighted by atomic mass is 9.49. The fraction of sp³-hybridized carbons (Fsp3) is 0.208. The van der Waals surface area contributed by atoms with Gasteiger partial charge in [-0.3, -0.25) is 0 Å². The molecular formula is C53H45NO. The van der Waals surface area contributed by atoms with Gasteiger partial charge in [-0.2, -0.15) is 0 Å². The SMILES string of the molecule is C[C@H]1C[C@@H]2C[C@H](C1)C1(c3ccccc3-c3c(N(c4ccc(-c5ccc6c(c5)oc5ccccc56)cc4)c4cccc(-c5ccccc5)c4)cccc31)[C@H](C)C2. The molecule has 2 nitrogen and oxygen atoms in total. The second-order valence-electron chi connectivity index (χ2n) is 16.7. The van der Waals surface area contributed by atoms with Gasteiger partial charge in [0.05, 0.1) is 5.69 Å². The van der Waals surface area contributed by atoms with Crippen LogP contribution in [0.25, 0.3) is 55.3 Å². The Hall–Kier alpha value is -5.86. The Balaban J connectivity index is 1.09. The Kier molecular flexibility index (Phi) is 7.46. The molecule has 2 heteroatoms. The van der Waals surface area contributed by atoms with Gasteiger partial charge in [-0.1, -0.05) is 129 Å². The molecular weight excluding hydrogens is 667 g/mol. The van der Waals surface area contributed by atoms with Crippen molar-refractivity contribution >= 4 is 39.0 Å². The highest BCUT2D eigenvalue weighted by atomic mass is 16.3. The molecule has 1 heterocycles. The zero-order chi connectivity index (χ0) is 36.7. The van der Waals surface area contributed by atoms with Crippen molar-refractivity contribution in [1.82, 2.24) is 0 Å². The van der Waals surface area contributed by atoms with Crippen LogP contribution < -0.4 is 4.90 Å². The van der Waals surface area contributed by atoms with Gasteiger partial charge in [0.15, 0.2) is 0 Å². The van der Waals surface area contributed by atoms with E-state index in [0.29, 0.717) is 11.8 Å². The van der Waals surface area contributed by atoms with Crippen LogP contribution in [0.5, 0.6) is 0 Å². The fourth-order valence-corrected chi connectivity index (χ4v) is 11.5. The van der Waals surface area contributed by atoms with Crippen molar-refractivity contribution in [1.29, 1.82) is 0 Å². The summed E-state index contributed by atoms with van der Waals surface area (Å²) in [6.45, 7) is 5.07. The van der Waals surface area contributed by atoms with Gasteiger partial charge in [0.25, 0.3) is 0 Å². The average Bonchev–Trinajstić information content (AvgIpc) is 3.75. The Morgan fingerprint density at radius 2 is 1.20 bits per heavy atom. The van der Waals surface area contributed by atoms with E-state index in [4.69, 9.17) is 4.42 Å². The number of hydrogen-bond donors (Lipinski definition) is 0. The van der Waals surface area contributed by atoms with E-state index in [2.05, 4.69) is 170 Å². The molecule has 0 amide bonds. The summed E-state index contributed by atoms with van der Waals surface area (Å²) in [5.41, 5.74) is 16.1. The normalized spacial score (nSPS) is 22.5. The van der Waals surface area contributed by atoms with Gasteiger partial charge in [-0.05, 0) is 137 Å². The first-order valence-corrected chi connectivity index (χ1v) is 20.3. The maximum absolute atomic E-state index is 6.29. The zero-order valence-corrected chi connectivity index (χ0v) is 31.6. The predicted octanol–water partition coefficient (Wildman–Crippen LogP) is 14.7. The van der Waals surface area contributed by atoms with Crippen LogP contribution in [0, 0.1) is 23.7 Å². The molecule has 2 fully saturated rings. The van der Waals surface area contributed by atoms with Crippen LogP contribution in [-0.2, 0) is 5.41 Å². The minimum atomic E-state index is 0.0316. The van der Waals surface area contributed by atoms with Crippen molar-refractivity contribution in [3.63, 3.8) is 0 Å². The van der Waals surface area contributed by atoms with Gasteiger partial charge in [-0.15, -0.1) is 0 Å². The van der Waals surface area contributed by atoms with Crippen LogP contribution in [0.3, 0.4) is 0 Å². The fourth-order valence-electron chi connectivity index (χ4n) is 11.5. The molecule has 3 aliphatic carbocycles. The van der Waals surface area contributed by atoms with Crippen molar-refractivity contribution in [2.24, 2.45) is 23.7 Å². The van der Waals surface area contributed by atoms with Crippen LogP contribution in [0.1, 0.15) is 50.7 Å². The van der Waals surface area contributed by atoms with Gasteiger partial charge in [-0.25, -0.2) is 0 Å². The summed E-state index contributed by atoms with van der Waals surface area (Å²) in [5.74, 6) is 2.85. The summed E-state index contributed by atoms with van der Waals surface area (Å²) in [7, 11) is 0. The molecule has 1 aromatic heterocycles. The Labute approximate surface area is 324 Å². The van der Waals surface area contributed by atoms with Crippen LogP contribution in [0.2, 0.25) is 0 Å². The second kappa shape index (κ2) is 12.6.